The summed E-state index contributed by atoms with van der Waals surface area (Å²) in [6, 6.07) is 15.5. The largest absolute Gasteiger partial charge is 0.467 e. The van der Waals surface area contributed by atoms with Gasteiger partial charge in [0.1, 0.15) is 6.04 Å². The molecule has 0 aliphatic heterocycles. The van der Waals surface area contributed by atoms with Gasteiger partial charge in [-0.05, 0) is 29.7 Å². The monoisotopic (exact) mass is 404 g/mol. The van der Waals surface area contributed by atoms with Crippen molar-refractivity contribution in [3.05, 3.63) is 70.2 Å². The van der Waals surface area contributed by atoms with Gasteiger partial charge in [-0.1, -0.05) is 58.4 Å². The third kappa shape index (κ3) is 5.99. The molecule has 6 heteroatoms. The first-order valence-electron chi connectivity index (χ1n) is 7.91. The van der Waals surface area contributed by atoms with Crippen molar-refractivity contribution in [3.8, 4) is 0 Å². The highest BCUT2D eigenvalue weighted by Crippen LogP contribution is 2.12. The van der Waals surface area contributed by atoms with Crippen LogP contribution in [0, 0.1) is 0 Å². The summed E-state index contributed by atoms with van der Waals surface area (Å²) in [5.74, 6) is -0.875. The standard InChI is InChI=1S/C19H21BrN2O3/c1-25-19(24)17(12-14-7-9-15(20)10-8-14)22-18(23)16(21)11-13-5-3-2-4-6-13/h2-10,16-17H,11-12,21H2,1H3,(H,22,23)/t16-,17-/m0/s1. The molecule has 2 aromatic rings. The maximum atomic E-state index is 12.4. The molecule has 0 saturated carbocycles. The fraction of sp³-hybridized carbons (Fsp3) is 0.263. The smallest absolute Gasteiger partial charge is 0.328 e. The number of hydrogen-bond acceptors (Lipinski definition) is 4. The van der Waals surface area contributed by atoms with Crippen LogP contribution >= 0.6 is 15.9 Å². The Bertz CT molecular complexity index is 704. The van der Waals surface area contributed by atoms with Crippen molar-refractivity contribution in [2.75, 3.05) is 7.11 Å². The number of carbonyl (C=O) groups excluding carboxylic acids is 2. The van der Waals surface area contributed by atoms with E-state index in [-0.39, 0.29) is 5.91 Å². The Morgan fingerprint density at radius 1 is 1.04 bits per heavy atom. The lowest BCUT2D eigenvalue weighted by atomic mass is 10.0. The summed E-state index contributed by atoms with van der Waals surface area (Å²) >= 11 is 3.37. The molecule has 0 aliphatic rings. The summed E-state index contributed by atoms with van der Waals surface area (Å²) in [4.78, 5) is 24.4. The molecule has 0 aromatic heterocycles. The molecule has 25 heavy (non-hydrogen) atoms. The van der Waals surface area contributed by atoms with Crippen molar-refractivity contribution >= 4 is 27.8 Å². The number of rotatable bonds is 7. The molecule has 0 spiro atoms. The first-order chi connectivity index (χ1) is 12.0. The van der Waals surface area contributed by atoms with Gasteiger partial charge in [-0.25, -0.2) is 4.79 Å². The SMILES string of the molecule is COC(=O)[C@H](Cc1ccc(Br)cc1)NC(=O)[C@@H](N)Cc1ccccc1. The third-order valence-corrected chi connectivity index (χ3v) is 4.32. The molecule has 2 aromatic carbocycles. The first-order valence-corrected chi connectivity index (χ1v) is 8.71. The van der Waals surface area contributed by atoms with Gasteiger partial charge in [0.25, 0.3) is 0 Å². The van der Waals surface area contributed by atoms with E-state index in [1.165, 1.54) is 7.11 Å². The number of hydrogen-bond donors (Lipinski definition) is 2. The molecule has 0 aliphatic carbocycles. The molecular weight excluding hydrogens is 384 g/mol. The van der Waals surface area contributed by atoms with Gasteiger partial charge in [0.05, 0.1) is 13.2 Å². The van der Waals surface area contributed by atoms with Crippen LogP contribution in [0.5, 0.6) is 0 Å². The molecule has 0 radical (unpaired) electrons. The molecule has 2 atom stereocenters. The highest BCUT2D eigenvalue weighted by molar-refractivity contribution is 9.10. The lowest BCUT2D eigenvalue weighted by Crippen LogP contribution is -2.50. The number of esters is 1. The summed E-state index contributed by atoms with van der Waals surface area (Å²) in [5, 5.41) is 2.70. The van der Waals surface area contributed by atoms with Gasteiger partial charge in [-0.3, -0.25) is 4.79 Å². The van der Waals surface area contributed by atoms with Crippen LogP contribution in [0.25, 0.3) is 0 Å². The van der Waals surface area contributed by atoms with E-state index >= 15 is 0 Å². The Morgan fingerprint density at radius 2 is 1.64 bits per heavy atom. The number of amides is 1. The molecule has 2 rings (SSSR count). The number of nitrogens with two attached hydrogens (primary N) is 1. The highest BCUT2D eigenvalue weighted by atomic mass is 79.9. The van der Waals surface area contributed by atoms with Gasteiger partial charge in [-0.2, -0.15) is 0 Å². The van der Waals surface area contributed by atoms with Crippen molar-refractivity contribution in [3.63, 3.8) is 0 Å². The zero-order valence-corrected chi connectivity index (χ0v) is 15.5. The van der Waals surface area contributed by atoms with Gasteiger partial charge < -0.3 is 15.8 Å². The molecule has 1 amide bonds. The van der Waals surface area contributed by atoms with Crippen molar-refractivity contribution in [2.45, 2.75) is 24.9 Å². The van der Waals surface area contributed by atoms with Crippen molar-refractivity contribution in [1.82, 2.24) is 5.32 Å². The zero-order valence-electron chi connectivity index (χ0n) is 13.9. The van der Waals surface area contributed by atoms with E-state index in [1.807, 2.05) is 54.6 Å². The normalized spacial score (nSPS) is 12.9. The summed E-state index contributed by atoms with van der Waals surface area (Å²) in [6.45, 7) is 0. The van der Waals surface area contributed by atoms with Crippen LogP contribution in [-0.4, -0.2) is 31.1 Å². The molecule has 132 valence electrons. The first kappa shape index (κ1) is 19.1. The van der Waals surface area contributed by atoms with Gasteiger partial charge >= 0.3 is 5.97 Å². The van der Waals surface area contributed by atoms with Gasteiger partial charge in [0.2, 0.25) is 5.91 Å². The molecule has 5 nitrogen and oxygen atoms in total. The predicted octanol–water partition coefficient (Wildman–Crippen LogP) is 2.22. The predicted molar refractivity (Wildman–Crippen MR) is 99.9 cm³/mol. The second kappa shape index (κ2) is 9.34. The minimum atomic E-state index is -0.777. The maximum Gasteiger partial charge on any atom is 0.328 e. The fourth-order valence-corrected chi connectivity index (χ4v) is 2.70. The Hall–Kier alpha value is -2.18. The Labute approximate surface area is 155 Å². The maximum absolute atomic E-state index is 12.4. The van der Waals surface area contributed by atoms with Gasteiger partial charge in [0.15, 0.2) is 0 Å². The van der Waals surface area contributed by atoms with Crippen LogP contribution in [0.3, 0.4) is 0 Å². The Morgan fingerprint density at radius 3 is 2.24 bits per heavy atom. The second-order valence-corrected chi connectivity index (χ2v) is 6.63. The zero-order chi connectivity index (χ0) is 18.2. The van der Waals surface area contributed by atoms with E-state index in [1.54, 1.807) is 0 Å². The number of ether oxygens (including phenoxy) is 1. The van der Waals surface area contributed by atoms with E-state index in [9.17, 15) is 9.59 Å². The number of benzene rings is 2. The molecule has 0 saturated heterocycles. The molecular formula is C19H21BrN2O3. The van der Waals surface area contributed by atoms with Crippen molar-refractivity contribution < 1.29 is 14.3 Å². The van der Waals surface area contributed by atoms with E-state index in [2.05, 4.69) is 21.2 Å². The lowest BCUT2D eigenvalue weighted by Gasteiger charge is -2.19. The van der Waals surface area contributed by atoms with Gasteiger partial charge in [-0.15, -0.1) is 0 Å². The van der Waals surface area contributed by atoms with Crippen LogP contribution in [0.1, 0.15) is 11.1 Å². The Kier molecular flexibility index (Phi) is 7.16. The summed E-state index contributed by atoms with van der Waals surface area (Å²) in [7, 11) is 1.30. The quantitative estimate of drug-likeness (QED) is 0.693. The fourth-order valence-electron chi connectivity index (χ4n) is 2.43. The molecule has 3 N–H and O–H groups in total. The lowest BCUT2D eigenvalue weighted by molar-refractivity contribution is -0.145. The average molecular weight is 405 g/mol. The van der Waals surface area contributed by atoms with Crippen LogP contribution in [0.2, 0.25) is 0 Å². The highest BCUT2D eigenvalue weighted by Gasteiger charge is 2.24. The van der Waals surface area contributed by atoms with Crippen molar-refractivity contribution in [2.24, 2.45) is 5.73 Å². The van der Waals surface area contributed by atoms with Gasteiger partial charge in [0, 0.05) is 10.9 Å². The van der Waals surface area contributed by atoms with Crippen LogP contribution in [0.15, 0.2) is 59.1 Å². The third-order valence-electron chi connectivity index (χ3n) is 3.79. The molecule has 0 fully saturated rings. The molecule has 0 heterocycles. The van der Waals surface area contributed by atoms with E-state index < -0.39 is 18.1 Å². The van der Waals surface area contributed by atoms with E-state index in [4.69, 9.17) is 10.5 Å². The summed E-state index contributed by atoms with van der Waals surface area (Å²) in [5.41, 5.74) is 7.86. The van der Waals surface area contributed by atoms with Crippen molar-refractivity contribution in [1.29, 1.82) is 0 Å². The second-order valence-electron chi connectivity index (χ2n) is 5.71. The Balaban J connectivity index is 2.01. The summed E-state index contributed by atoms with van der Waals surface area (Å²) in [6.07, 6.45) is 0.739. The minimum Gasteiger partial charge on any atom is -0.467 e. The topological polar surface area (TPSA) is 81.4 Å². The minimum absolute atomic E-state index is 0.337. The molecule has 0 unspecified atom stereocenters. The number of nitrogens with one attached hydrogen (secondary N) is 1. The van der Waals surface area contributed by atoms with E-state index in [0.717, 1.165) is 15.6 Å². The van der Waals surface area contributed by atoms with Crippen LogP contribution < -0.4 is 11.1 Å². The number of halogens is 1. The molecule has 0 bridgehead atoms. The number of methoxy groups -OCH3 is 1. The summed E-state index contributed by atoms with van der Waals surface area (Å²) < 4.78 is 5.75. The average Bonchev–Trinajstić information content (AvgIpc) is 2.63. The number of carbonyl (C=O) groups is 2. The van der Waals surface area contributed by atoms with Crippen LogP contribution in [0.4, 0.5) is 0 Å². The van der Waals surface area contributed by atoms with E-state index in [0.29, 0.717) is 12.8 Å². The van der Waals surface area contributed by atoms with Crippen LogP contribution in [-0.2, 0) is 27.2 Å².